The van der Waals surface area contributed by atoms with Crippen molar-refractivity contribution < 1.29 is 14.5 Å². The van der Waals surface area contributed by atoms with Crippen LogP contribution in [-0.2, 0) is 11.2 Å². The summed E-state index contributed by atoms with van der Waals surface area (Å²) >= 11 is 1.42. The lowest BCUT2D eigenvalue weighted by Gasteiger charge is -2.06. The number of benzene rings is 2. The molecule has 1 amide bonds. The molecule has 31 heavy (non-hydrogen) atoms. The van der Waals surface area contributed by atoms with E-state index in [1.54, 1.807) is 7.11 Å². The lowest BCUT2D eigenvalue weighted by atomic mass is 10.1. The van der Waals surface area contributed by atoms with E-state index in [0.29, 0.717) is 0 Å². The first-order chi connectivity index (χ1) is 15.0. The molecule has 0 atom stereocenters. The second-order valence-corrected chi connectivity index (χ2v) is 7.39. The lowest BCUT2D eigenvalue weighted by Crippen LogP contribution is -2.16. The number of aromatic nitrogens is 2. The molecule has 0 aliphatic carbocycles. The lowest BCUT2D eigenvalue weighted by molar-refractivity contribution is -0.384. The minimum atomic E-state index is -0.589. The maximum absolute atomic E-state index is 12.6. The second-order valence-electron chi connectivity index (χ2n) is 6.56. The zero-order valence-electron chi connectivity index (χ0n) is 16.2. The molecule has 2 aromatic heterocycles. The van der Waals surface area contributed by atoms with Crippen molar-refractivity contribution in [3.8, 4) is 23.1 Å². The number of nitro groups is 1. The van der Waals surface area contributed by atoms with E-state index in [2.05, 4.69) is 10.3 Å². The molecule has 0 aliphatic rings. The van der Waals surface area contributed by atoms with Crippen LogP contribution in [0.4, 0.5) is 11.4 Å². The molecule has 2 heterocycles. The van der Waals surface area contributed by atoms with Crippen molar-refractivity contribution in [2.24, 2.45) is 0 Å². The molecule has 9 nitrogen and oxygen atoms in total. The summed E-state index contributed by atoms with van der Waals surface area (Å²) in [5, 5.41) is 24.6. The number of hydrogen-bond acceptors (Lipinski definition) is 7. The third-order valence-corrected chi connectivity index (χ3v) is 5.51. The summed E-state index contributed by atoms with van der Waals surface area (Å²) in [5.74, 6) is 0.412. The number of ether oxygens (including phenoxy) is 1. The van der Waals surface area contributed by atoms with E-state index in [1.165, 1.54) is 23.5 Å². The zero-order chi connectivity index (χ0) is 22.0. The average Bonchev–Trinajstić information content (AvgIpc) is 3.36. The first kappa shape index (κ1) is 20.1. The van der Waals surface area contributed by atoms with Crippen molar-refractivity contribution in [2.75, 3.05) is 12.4 Å². The molecule has 4 aromatic rings. The number of nitro benzene ring substituents is 1. The Morgan fingerprint density at radius 2 is 2.10 bits per heavy atom. The monoisotopic (exact) mass is 433 g/mol. The first-order valence-electron chi connectivity index (χ1n) is 9.07. The molecule has 1 N–H and O–H groups in total. The fourth-order valence-electron chi connectivity index (χ4n) is 3.06. The molecule has 10 heteroatoms. The predicted molar refractivity (Wildman–Crippen MR) is 115 cm³/mol. The van der Waals surface area contributed by atoms with Gasteiger partial charge in [0, 0.05) is 35.0 Å². The van der Waals surface area contributed by atoms with Gasteiger partial charge in [-0.25, -0.2) is 4.98 Å². The van der Waals surface area contributed by atoms with E-state index < -0.39 is 4.92 Å². The third-order valence-electron chi connectivity index (χ3n) is 4.62. The van der Waals surface area contributed by atoms with Crippen LogP contribution < -0.4 is 10.1 Å². The smallest absolute Gasteiger partial charge is 0.270 e. The Labute approximate surface area is 180 Å². The van der Waals surface area contributed by atoms with Crippen LogP contribution in [0.3, 0.4) is 0 Å². The third kappa shape index (κ3) is 4.08. The van der Waals surface area contributed by atoms with Crippen molar-refractivity contribution in [1.29, 1.82) is 5.26 Å². The number of non-ortho nitro benzene ring substituents is 1. The molecule has 0 bridgehead atoms. The van der Waals surface area contributed by atoms with Crippen LogP contribution >= 0.6 is 11.3 Å². The largest absolute Gasteiger partial charge is 0.497 e. The number of nitrogens with zero attached hydrogens (tertiary/aromatic N) is 4. The molecule has 154 valence electrons. The fraction of sp³-hybridized carbons (Fsp3) is 0.0952. The summed E-state index contributed by atoms with van der Waals surface area (Å²) in [6.45, 7) is 0. The molecular formula is C21H15N5O4S. The van der Waals surface area contributed by atoms with Gasteiger partial charge < -0.3 is 10.1 Å². The summed E-state index contributed by atoms with van der Waals surface area (Å²) in [4.78, 5) is 28.2. The van der Waals surface area contributed by atoms with Gasteiger partial charge in [-0.1, -0.05) is 0 Å². The van der Waals surface area contributed by atoms with Gasteiger partial charge in [-0.3, -0.25) is 19.3 Å². The standard InChI is InChI=1S/C21H15N5O4S/c1-30-17-5-2-13(3-6-17)19-11-25-16(12-31-21(25)24-19)9-20(27)23-18-7-4-15(26(28)29)8-14(18)10-22/h2-8,11-12H,9H2,1H3,(H,23,27). The van der Waals surface area contributed by atoms with E-state index in [-0.39, 0.29) is 29.3 Å². The highest BCUT2D eigenvalue weighted by Gasteiger charge is 2.16. The van der Waals surface area contributed by atoms with Gasteiger partial charge >= 0.3 is 0 Å². The number of carbonyl (C=O) groups is 1. The quantitative estimate of drug-likeness (QED) is 0.362. The zero-order valence-corrected chi connectivity index (χ0v) is 17.0. The minimum absolute atomic E-state index is 0.0300. The van der Waals surface area contributed by atoms with Crippen LogP contribution in [0.25, 0.3) is 16.2 Å². The Morgan fingerprint density at radius 3 is 2.77 bits per heavy atom. The van der Waals surface area contributed by atoms with Gasteiger partial charge in [-0.05, 0) is 30.3 Å². The molecule has 0 spiro atoms. The molecule has 0 radical (unpaired) electrons. The van der Waals surface area contributed by atoms with Gasteiger partial charge in [0.2, 0.25) is 5.91 Å². The number of nitriles is 1. The topological polar surface area (TPSA) is 123 Å². The number of thiazole rings is 1. The molecule has 0 saturated heterocycles. The van der Waals surface area contributed by atoms with Crippen LogP contribution in [0.2, 0.25) is 0 Å². The molecule has 0 aliphatic heterocycles. The van der Waals surface area contributed by atoms with Gasteiger partial charge in [-0.2, -0.15) is 5.26 Å². The Morgan fingerprint density at radius 1 is 1.32 bits per heavy atom. The average molecular weight is 433 g/mol. The highest BCUT2D eigenvalue weighted by Crippen LogP contribution is 2.26. The van der Waals surface area contributed by atoms with E-state index >= 15 is 0 Å². The Kier molecular flexibility index (Phi) is 5.34. The fourth-order valence-corrected chi connectivity index (χ4v) is 3.94. The van der Waals surface area contributed by atoms with E-state index in [9.17, 15) is 20.2 Å². The molecule has 0 unspecified atom stereocenters. The van der Waals surface area contributed by atoms with Crippen molar-refractivity contribution in [3.05, 3.63) is 75.4 Å². The van der Waals surface area contributed by atoms with E-state index in [4.69, 9.17) is 4.74 Å². The van der Waals surface area contributed by atoms with Crippen molar-refractivity contribution in [3.63, 3.8) is 0 Å². The van der Waals surface area contributed by atoms with Gasteiger partial charge in [0.05, 0.1) is 35.4 Å². The highest BCUT2D eigenvalue weighted by molar-refractivity contribution is 7.15. The number of carbonyl (C=O) groups excluding carboxylic acids is 1. The van der Waals surface area contributed by atoms with Crippen LogP contribution in [0.1, 0.15) is 11.3 Å². The Balaban J connectivity index is 1.53. The number of amides is 1. The van der Waals surface area contributed by atoms with Crippen molar-refractivity contribution in [1.82, 2.24) is 9.38 Å². The summed E-state index contributed by atoms with van der Waals surface area (Å²) < 4.78 is 7.03. The van der Waals surface area contributed by atoms with Crippen LogP contribution in [0.15, 0.2) is 54.0 Å². The van der Waals surface area contributed by atoms with Crippen molar-refractivity contribution in [2.45, 2.75) is 6.42 Å². The maximum atomic E-state index is 12.6. The number of hydrogen-bond donors (Lipinski definition) is 1. The number of rotatable bonds is 6. The molecular weight excluding hydrogens is 418 g/mol. The Bertz CT molecular complexity index is 1330. The van der Waals surface area contributed by atoms with Crippen molar-refractivity contribution >= 4 is 33.6 Å². The Hall–Kier alpha value is -4.23. The van der Waals surface area contributed by atoms with Gasteiger partial charge in [0.25, 0.3) is 5.69 Å². The minimum Gasteiger partial charge on any atom is -0.497 e. The summed E-state index contributed by atoms with van der Waals surface area (Å²) in [6.07, 6.45) is 1.92. The maximum Gasteiger partial charge on any atom is 0.270 e. The van der Waals surface area contributed by atoms with E-state index in [1.807, 2.05) is 46.3 Å². The summed E-state index contributed by atoms with van der Waals surface area (Å²) in [7, 11) is 1.61. The normalized spacial score (nSPS) is 10.6. The highest BCUT2D eigenvalue weighted by atomic mass is 32.1. The first-order valence-corrected chi connectivity index (χ1v) is 9.94. The second kappa shape index (κ2) is 8.25. The predicted octanol–water partition coefficient (Wildman–Crippen LogP) is 4.03. The number of imidazole rings is 1. The molecule has 0 saturated carbocycles. The SMILES string of the molecule is COc1ccc(-c2cn3c(CC(=O)Nc4ccc([N+](=O)[O-])cc4C#N)csc3n2)cc1. The van der Waals surface area contributed by atoms with Gasteiger partial charge in [-0.15, -0.1) is 11.3 Å². The number of fused-ring (bicyclic) bond motifs is 1. The molecule has 0 fully saturated rings. The van der Waals surface area contributed by atoms with Crippen LogP contribution in [-0.4, -0.2) is 27.3 Å². The molecule has 2 aromatic carbocycles. The summed E-state index contributed by atoms with van der Waals surface area (Å²) in [5.41, 5.74) is 2.50. The molecule has 4 rings (SSSR count). The number of methoxy groups -OCH3 is 1. The van der Waals surface area contributed by atoms with Gasteiger partial charge in [0.1, 0.15) is 11.8 Å². The number of nitrogens with one attached hydrogen (secondary N) is 1. The van der Waals surface area contributed by atoms with Crippen LogP contribution in [0.5, 0.6) is 5.75 Å². The number of anilines is 1. The van der Waals surface area contributed by atoms with E-state index in [0.717, 1.165) is 33.7 Å². The van der Waals surface area contributed by atoms with Gasteiger partial charge in [0.15, 0.2) is 4.96 Å². The summed E-state index contributed by atoms with van der Waals surface area (Å²) in [6, 6.07) is 13.1. The van der Waals surface area contributed by atoms with Crippen LogP contribution in [0, 0.1) is 21.4 Å².